The average Bonchev–Trinajstić information content (AvgIpc) is 2.79. The molecule has 2 aromatic rings. The number of aliphatic hydroxyl groups is 1. The van der Waals surface area contributed by atoms with Gasteiger partial charge in [0.2, 0.25) is 10.0 Å². The molecule has 174 valence electrons. The van der Waals surface area contributed by atoms with Gasteiger partial charge < -0.3 is 20.3 Å². The maximum absolute atomic E-state index is 12.8. The number of nitrogens with one attached hydrogen (secondary N) is 1. The SMILES string of the molecule is O=[N+]([O-])c1ccc(S(=O)(=O)N2CCC(CNC[C@H](O)COc3ccc(O)cc3)CC2)cc1. The minimum atomic E-state index is -3.68. The first kappa shape index (κ1) is 23.9. The van der Waals surface area contributed by atoms with E-state index in [1.54, 1.807) is 12.1 Å². The number of benzene rings is 2. The molecule has 1 aliphatic heterocycles. The summed E-state index contributed by atoms with van der Waals surface area (Å²) >= 11 is 0. The Morgan fingerprint density at radius 1 is 1.12 bits per heavy atom. The molecular weight excluding hydrogens is 438 g/mol. The maximum atomic E-state index is 12.8. The summed E-state index contributed by atoms with van der Waals surface area (Å²) in [5, 5.41) is 33.3. The summed E-state index contributed by atoms with van der Waals surface area (Å²) in [4.78, 5) is 10.2. The highest BCUT2D eigenvalue weighted by molar-refractivity contribution is 7.89. The van der Waals surface area contributed by atoms with Crippen molar-refractivity contribution in [2.75, 3.05) is 32.8 Å². The van der Waals surface area contributed by atoms with Crippen LogP contribution in [0.15, 0.2) is 53.4 Å². The van der Waals surface area contributed by atoms with E-state index >= 15 is 0 Å². The van der Waals surface area contributed by atoms with E-state index < -0.39 is 21.1 Å². The predicted octanol–water partition coefficient (Wildman–Crippen LogP) is 1.73. The van der Waals surface area contributed by atoms with E-state index in [1.807, 2.05) is 0 Å². The maximum Gasteiger partial charge on any atom is 0.269 e. The van der Waals surface area contributed by atoms with Crippen molar-refractivity contribution in [3.05, 3.63) is 58.6 Å². The zero-order valence-electron chi connectivity index (χ0n) is 17.5. The predicted molar refractivity (Wildman–Crippen MR) is 117 cm³/mol. The molecule has 0 spiro atoms. The number of hydrogen-bond acceptors (Lipinski definition) is 8. The largest absolute Gasteiger partial charge is 0.508 e. The number of nitro benzene ring substituents is 1. The molecule has 0 unspecified atom stereocenters. The van der Waals surface area contributed by atoms with Crippen LogP contribution in [0.3, 0.4) is 0 Å². The van der Waals surface area contributed by atoms with Gasteiger partial charge in [-0.05, 0) is 61.7 Å². The number of sulfonamides is 1. The third kappa shape index (κ3) is 6.39. The molecule has 1 aliphatic rings. The van der Waals surface area contributed by atoms with Crippen LogP contribution in [0.5, 0.6) is 11.5 Å². The van der Waals surface area contributed by atoms with Crippen LogP contribution >= 0.6 is 0 Å². The van der Waals surface area contributed by atoms with Crippen molar-refractivity contribution in [1.29, 1.82) is 0 Å². The summed E-state index contributed by atoms with van der Waals surface area (Å²) in [5.41, 5.74) is -0.149. The quantitative estimate of drug-likeness (QED) is 0.356. The van der Waals surface area contributed by atoms with Gasteiger partial charge in [0.05, 0.1) is 9.82 Å². The van der Waals surface area contributed by atoms with Crippen molar-refractivity contribution < 1.29 is 28.3 Å². The van der Waals surface area contributed by atoms with Crippen molar-refractivity contribution in [3.63, 3.8) is 0 Å². The van der Waals surface area contributed by atoms with Crippen molar-refractivity contribution in [2.45, 2.75) is 23.8 Å². The van der Waals surface area contributed by atoms with Crippen molar-refractivity contribution >= 4 is 15.7 Å². The van der Waals surface area contributed by atoms with Gasteiger partial charge in [0, 0.05) is 31.8 Å². The molecule has 32 heavy (non-hydrogen) atoms. The van der Waals surface area contributed by atoms with Crippen molar-refractivity contribution in [1.82, 2.24) is 9.62 Å². The van der Waals surface area contributed by atoms with Crippen LogP contribution in [0, 0.1) is 16.0 Å². The van der Waals surface area contributed by atoms with Gasteiger partial charge in [0.15, 0.2) is 0 Å². The molecule has 1 fully saturated rings. The number of non-ortho nitro benzene ring substituents is 1. The topological polar surface area (TPSA) is 142 Å². The molecular formula is C21H27N3O7S. The Bertz CT molecular complexity index is 989. The van der Waals surface area contributed by atoms with Crippen LogP contribution in [-0.2, 0) is 10.0 Å². The highest BCUT2D eigenvalue weighted by atomic mass is 32.2. The summed E-state index contributed by atoms with van der Waals surface area (Å²) in [6, 6.07) is 11.2. The van der Waals surface area contributed by atoms with E-state index in [1.165, 1.54) is 40.7 Å². The van der Waals surface area contributed by atoms with Crippen LogP contribution in [-0.4, -0.2) is 66.7 Å². The molecule has 0 aromatic heterocycles. The minimum absolute atomic E-state index is 0.0522. The zero-order valence-corrected chi connectivity index (χ0v) is 18.3. The molecule has 3 rings (SSSR count). The number of piperidine rings is 1. The first-order valence-electron chi connectivity index (χ1n) is 10.3. The van der Waals surface area contributed by atoms with E-state index in [9.17, 15) is 28.7 Å². The van der Waals surface area contributed by atoms with Crippen LogP contribution in [0.4, 0.5) is 5.69 Å². The third-order valence-corrected chi connectivity index (χ3v) is 7.26. The number of phenols is 1. The zero-order chi connectivity index (χ0) is 23.1. The van der Waals surface area contributed by atoms with Crippen LogP contribution in [0.25, 0.3) is 0 Å². The standard InChI is InChI=1S/C21H27N3O7S/c25-18-3-5-20(6-4-18)31-15-19(26)14-22-13-16-9-11-23(12-10-16)32(29,30)21-7-1-17(2-8-21)24(27)28/h1-8,16,19,22,25-26H,9-15H2/t19-/m0/s1. The molecule has 0 bridgehead atoms. The molecule has 0 amide bonds. The molecule has 1 saturated heterocycles. The van der Waals surface area contributed by atoms with Gasteiger partial charge in [-0.3, -0.25) is 10.1 Å². The van der Waals surface area contributed by atoms with Gasteiger partial charge in [-0.1, -0.05) is 0 Å². The molecule has 3 N–H and O–H groups in total. The van der Waals surface area contributed by atoms with E-state index in [0.717, 1.165) is 0 Å². The number of ether oxygens (including phenoxy) is 1. The number of aliphatic hydroxyl groups excluding tert-OH is 1. The fourth-order valence-corrected chi connectivity index (χ4v) is 4.96. The fourth-order valence-electron chi connectivity index (χ4n) is 3.49. The normalized spacial score (nSPS) is 16.5. The lowest BCUT2D eigenvalue weighted by Gasteiger charge is -2.31. The molecule has 0 saturated carbocycles. The van der Waals surface area contributed by atoms with Gasteiger partial charge in [-0.15, -0.1) is 0 Å². The minimum Gasteiger partial charge on any atom is -0.508 e. The molecule has 1 atom stereocenters. The number of phenolic OH excluding ortho intramolecular Hbond substituents is 1. The van der Waals surface area contributed by atoms with E-state index in [-0.39, 0.29) is 28.9 Å². The number of hydrogen-bond donors (Lipinski definition) is 3. The first-order valence-corrected chi connectivity index (χ1v) is 11.7. The highest BCUT2D eigenvalue weighted by Crippen LogP contribution is 2.25. The Labute approximate surface area is 186 Å². The summed E-state index contributed by atoms with van der Waals surface area (Å²) in [6.45, 7) is 1.86. The highest BCUT2D eigenvalue weighted by Gasteiger charge is 2.29. The average molecular weight is 466 g/mol. The third-order valence-electron chi connectivity index (χ3n) is 5.35. The lowest BCUT2D eigenvalue weighted by atomic mass is 9.98. The lowest BCUT2D eigenvalue weighted by Crippen LogP contribution is -2.42. The first-order chi connectivity index (χ1) is 15.3. The number of aromatic hydroxyl groups is 1. The van der Waals surface area contributed by atoms with Crippen LogP contribution in [0.1, 0.15) is 12.8 Å². The Balaban J connectivity index is 1.38. The lowest BCUT2D eigenvalue weighted by molar-refractivity contribution is -0.384. The second-order valence-electron chi connectivity index (χ2n) is 7.72. The molecule has 0 aliphatic carbocycles. The van der Waals surface area contributed by atoms with Gasteiger partial charge in [0.25, 0.3) is 5.69 Å². The molecule has 0 radical (unpaired) electrons. The van der Waals surface area contributed by atoms with E-state index in [2.05, 4.69) is 5.32 Å². The molecule has 10 nitrogen and oxygen atoms in total. The smallest absolute Gasteiger partial charge is 0.269 e. The Hall–Kier alpha value is -2.73. The number of nitro groups is 1. The number of rotatable bonds is 10. The van der Waals surface area contributed by atoms with Gasteiger partial charge >= 0.3 is 0 Å². The van der Waals surface area contributed by atoms with Gasteiger partial charge in [-0.2, -0.15) is 4.31 Å². The molecule has 1 heterocycles. The Morgan fingerprint density at radius 2 is 1.75 bits per heavy atom. The van der Waals surface area contributed by atoms with Crippen LogP contribution < -0.4 is 10.1 Å². The van der Waals surface area contributed by atoms with E-state index in [4.69, 9.17) is 4.74 Å². The molecule has 11 heteroatoms. The van der Waals surface area contributed by atoms with Crippen molar-refractivity contribution in [2.24, 2.45) is 5.92 Å². The Kier molecular flexibility index (Phi) is 8.02. The molecule has 2 aromatic carbocycles. The summed E-state index contributed by atoms with van der Waals surface area (Å²) in [5.74, 6) is 0.984. The number of nitrogens with zero attached hydrogens (tertiary/aromatic N) is 2. The van der Waals surface area contributed by atoms with E-state index in [0.29, 0.717) is 44.8 Å². The van der Waals surface area contributed by atoms with Gasteiger partial charge in [0.1, 0.15) is 24.2 Å². The second-order valence-corrected chi connectivity index (χ2v) is 9.65. The Morgan fingerprint density at radius 3 is 2.34 bits per heavy atom. The van der Waals surface area contributed by atoms with Crippen LogP contribution in [0.2, 0.25) is 0 Å². The second kappa shape index (κ2) is 10.7. The monoisotopic (exact) mass is 465 g/mol. The summed E-state index contributed by atoms with van der Waals surface area (Å²) in [6.07, 6.45) is 0.657. The summed E-state index contributed by atoms with van der Waals surface area (Å²) in [7, 11) is -3.68. The van der Waals surface area contributed by atoms with Crippen molar-refractivity contribution in [3.8, 4) is 11.5 Å². The summed E-state index contributed by atoms with van der Waals surface area (Å²) < 4.78 is 32.4. The fraction of sp³-hybridized carbons (Fsp3) is 0.429. The van der Waals surface area contributed by atoms with Gasteiger partial charge in [-0.25, -0.2) is 8.42 Å².